The molecule has 7 rings (SSSR count). The van der Waals surface area contributed by atoms with Crippen LogP contribution in [0.4, 0.5) is 8.78 Å². The number of halogens is 2. The topological polar surface area (TPSA) is 123 Å². The minimum Gasteiger partial charge on any atom is -0.412 e. The number of aromatic amines is 1. The SMILES string of the molecule is O=C(c1nnc(-c2cnn(C(F)F)c2)o1)N1CCc2[nH]cnc2[C@H]1c1cc2c(C3CC3)cccn2n1. The molecule has 2 aliphatic rings. The van der Waals surface area contributed by atoms with E-state index in [2.05, 4.69) is 31.3 Å². The van der Waals surface area contributed by atoms with E-state index in [4.69, 9.17) is 9.52 Å². The van der Waals surface area contributed by atoms with Crippen LogP contribution in [0.5, 0.6) is 0 Å². The lowest BCUT2D eigenvalue weighted by molar-refractivity contribution is 0.0566. The van der Waals surface area contributed by atoms with Gasteiger partial charge in [-0.05, 0) is 36.5 Å². The number of amides is 1. The van der Waals surface area contributed by atoms with E-state index in [-0.39, 0.29) is 17.3 Å². The number of pyridine rings is 1. The highest BCUT2D eigenvalue weighted by Gasteiger charge is 2.38. The number of nitrogens with one attached hydrogen (secondary N) is 1. The Labute approximate surface area is 201 Å². The second-order valence-electron chi connectivity index (χ2n) is 8.95. The molecule has 1 saturated carbocycles. The maximum absolute atomic E-state index is 13.6. The molecule has 1 fully saturated rings. The Balaban J connectivity index is 1.26. The molecular formula is C23H19F2N9O2. The van der Waals surface area contributed by atoms with Gasteiger partial charge in [0.1, 0.15) is 6.04 Å². The van der Waals surface area contributed by atoms with Crippen LogP contribution in [-0.4, -0.2) is 56.9 Å². The van der Waals surface area contributed by atoms with Gasteiger partial charge in [0, 0.05) is 31.1 Å². The van der Waals surface area contributed by atoms with Crippen LogP contribution < -0.4 is 0 Å². The Morgan fingerprint density at radius 1 is 1.25 bits per heavy atom. The highest BCUT2D eigenvalue weighted by molar-refractivity contribution is 5.90. The lowest BCUT2D eigenvalue weighted by Gasteiger charge is -2.32. The minimum atomic E-state index is -2.80. The third-order valence-electron chi connectivity index (χ3n) is 6.69. The molecular weight excluding hydrogens is 472 g/mol. The van der Waals surface area contributed by atoms with Crippen LogP contribution >= 0.6 is 0 Å². The molecule has 0 spiro atoms. The van der Waals surface area contributed by atoms with Crippen molar-refractivity contribution in [1.82, 2.24) is 44.5 Å². The third-order valence-corrected chi connectivity index (χ3v) is 6.69. The zero-order chi connectivity index (χ0) is 24.4. The van der Waals surface area contributed by atoms with Crippen LogP contribution in [0.3, 0.4) is 0 Å². The summed E-state index contributed by atoms with van der Waals surface area (Å²) in [5.41, 5.74) is 4.79. The number of H-pyrrole nitrogens is 1. The van der Waals surface area contributed by atoms with Gasteiger partial charge >= 0.3 is 18.3 Å². The summed E-state index contributed by atoms with van der Waals surface area (Å²) in [7, 11) is 0. The summed E-state index contributed by atoms with van der Waals surface area (Å²) in [5, 5.41) is 16.1. The summed E-state index contributed by atoms with van der Waals surface area (Å²) in [5.74, 6) is -0.273. The smallest absolute Gasteiger partial charge is 0.333 e. The molecule has 0 unspecified atom stereocenters. The summed E-state index contributed by atoms with van der Waals surface area (Å²) >= 11 is 0. The Morgan fingerprint density at radius 3 is 2.94 bits per heavy atom. The Kier molecular flexibility index (Phi) is 4.53. The average molecular weight is 491 g/mol. The van der Waals surface area contributed by atoms with E-state index >= 15 is 0 Å². The second-order valence-corrected chi connectivity index (χ2v) is 8.95. The van der Waals surface area contributed by atoms with Crippen molar-refractivity contribution < 1.29 is 18.0 Å². The quantitative estimate of drug-likeness (QED) is 0.400. The van der Waals surface area contributed by atoms with Crippen LogP contribution in [0, 0.1) is 0 Å². The molecule has 1 aliphatic carbocycles. The molecule has 5 aromatic rings. The molecule has 5 aromatic heterocycles. The maximum Gasteiger partial charge on any atom is 0.333 e. The highest BCUT2D eigenvalue weighted by atomic mass is 19.3. The van der Waals surface area contributed by atoms with Gasteiger partial charge < -0.3 is 14.3 Å². The molecule has 0 radical (unpaired) electrons. The molecule has 13 heteroatoms. The summed E-state index contributed by atoms with van der Waals surface area (Å²) in [6, 6.07) is 5.56. The molecule has 0 bridgehead atoms. The first-order valence-electron chi connectivity index (χ1n) is 11.5. The van der Waals surface area contributed by atoms with Crippen LogP contribution in [-0.2, 0) is 6.42 Å². The summed E-state index contributed by atoms with van der Waals surface area (Å²) < 4.78 is 33.7. The Morgan fingerprint density at radius 2 is 2.14 bits per heavy atom. The third kappa shape index (κ3) is 3.30. The molecule has 1 amide bonds. The standard InChI is InChI=1S/C23H19F2N9O2/c24-23(25)34-10-13(9-28-34)20-29-30-21(36-20)22(35)32-7-5-15-18(27-11-26-15)19(32)16-8-17-14(12-3-4-12)2-1-6-33(17)31-16/h1-2,6,8-12,19,23H,3-5,7H2,(H,26,27)/t19-/m1/s1. The number of carbonyl (C=O) groups is 1. The number of alkyl halides is 2. The van der Waals surface area contributed by atoms with Crippen LogP contribution in [0.25, 0.3) is 17.0 Å². The van der Waals surface area contributed by atoms with Crippen molar-refractivity contribution in [2.45, 2.75) is 37.8 Å². The van der Waals surface area contributed by atoms with Crippen LogP contribution in [0.2, 0.25) is 0 Å². The van der Waals surface area contributed by atoms with Gasteiger partial charge in [-0.25, -0.2) is 14.2 Å². The van der Waals surface area contributed by atoms with Crippen molar-refractivity contribution in [2.75, 3.05) is 6.54 Å². The zero-order valence-corrected chi connectivity index (χ0v) is 18.8. The van der Waals surface area contributed by atoms with Gasteiger partial charge in [0.05, 0.1) is 35.0 Å². The number of fused-ring (bicyclic) bond motifs is 2. The first-order valence-corrected chi connectivity index (χ1v) is 11.5. The fourth-order valence-electron chi connectivity index (χ4n) is 4.83. The minimum absolute atomic E-state index is 0.0685. The average Bonchev–Trinajstić information content (AvgIpc) is 3.34. The van der Waals surface area contributed by atoms with Gasteiger partial charge in [-0.2, -0.15) is 19.0 Å². The number of hydrogen-bond acceptors (Lipinski definition) is 7. The fraction of sp³-hybridized carbons (Fsp3) is 0.304. The van der Waals surface area contributed by atoms with Gasteiger partial charge in [-0.15, -0.1) is 10.2 Å². The number of carbonyl (C=O) groups excluding carboxylic acids is 1. The van der Waals surface area contributed by atoms with Crippen molar-refractivity contribution >= 4 is 11.4 Å². The molecule has 1 atom stereocenters. The second kappa shape index (κ2) is 7.80. The summed E-state index contributed by atoms with van der Waals surface area (Å²) in [6.45, 7) is -2.42. The van der Waals surface area contributed by atoms with Crippen molar-refractivity contribution in [3.63, 3.8) is 0 Å². The highest BCUT2D eigenvalue weighted by Crippen LogP contribution is 2.43. The van der Waals surface area contributed by atoms with E-state index in [0.717, 1.165) is 30.2 Å². The van der Waals surface area contributed by atoms with E-state index < -0.39 is 18.5 Å². The molecule has 0 saturated heterocycles. The zero-order valence-electron chi connectivity index (χ0n) is 18.8. The molecule has 0 aromatic carbocycles. The van der Waals surface area contributed by atoms with Gasteiger partial charge in [0.15, 0.2) is 0 Å². The van der Waals surface area contributed by atoms with E-state index in [0.29, 0.717) is 35.0 Å². The fourth-order valence-corrected chi connectivity index (χ4v) is 4.83. The van der Waals surface area contributed by atoms with Crippen molar-refractivity contribution in [1.29, 1.82) is 0 Å². The van der Waals surface area contributed by atoms with E-state index in [9.17, 15) is 13.6 Å². The van der Waals surface area contributed by atoms with E-state index in [1.807, 2.05) is 22.8 Å². The predicted molar refractivity (Wildman–Crippen MR) is 119 cm³/mol. The van der Waals surface area contributed by atoms with Crippen LogP contribution in [0.15, 0.2) is 47.5 Å². The molecule has 182 valence electrons. The first-order chi connectivity index (χ1) is 17.6. The number of nitrogens with zero attached hydrogens (tertiary/aromatic N) is 8. The maximum atomic E-state index is 13.6. The van der Waals surface area contributed by atoms with Gasteiger partial charge in [-0.1, -0.05) is 6.07 Å². The Bertz CT molecular complexity index is 1600. The van der Waals surface area contributed by atoms with Gasteiger partial charge in [0.25, 0.3) is 5.89 Å². The van der Waals surface area contributed by atoms with Gasteiger partial charge in [-0.3, -0.25) is 4.79 Å². The largest absolute Gasteiger partial charge is 0.412 e. The van der Waals surface area contributed by atoms with E-state index in [1.165, 1.54) is 11.8 Å². The first kappa shape index (κ1) is 20.9. The lowest BCUT2D eigenvalue weighted by Crippen LogP contribution is -2.41. The lowest BCUT2D eigenvalue weighted by atomic mass is 9.99. The summed E-state index contributed by atoms with van der Waals surface area (Å²) in [6.07, 6.45) is 8.67. The Hall–Kier alpha value is -4.42. The molecule has 6 heterocycles. The molecule has 11 nitrogen and oxygen atoms in total. The molecule has 1 aliphatic heterocycles. The van der Waals surface area contributed by atoms with E-state index in [1.54, 1.807) is 11.2 Å². The van der Waals surface area contributed by atoms with Crippen molar-refractivity contribution in [3.8, 4) is 11.5 Å². The predicted octanol–water partition coefficient (Wildman–Crippen LogP) is 3.36. The number of rotatable bonds is 5. The van der Waals surface area contributed by atoms with Crippen LogP contribution in [0.1, 0.15) is 64.7 Å². The molecule has 36 heavy (non-hydrogen) atoms. The monoisotopic (exact) mass is 491 g/mol. The van der Waals surface area contributed by atoms with Gasteiger partial charge in [0.2, 0.25) is 0 Å². The number of aromatic nitrogens is 8. The number of hydrogen-bond donors (Lipinski definition) is 1. The number of imidazole rings is 1. The normalized spacial score (nSPS) is 17.8. The summed E-state index contributed by atoms with van der Waals surface area (Å²) in [4.78, 5) is 22.9. The molecule has 1 N–H and O–H groups in total. The van der Waals surface area contributed by atoms with Crippen molar-refractivity contribution in [3.05, 3.63) is 71.7 Å². The van der Waals surface area contributed by atoms with Crippen molar-refractivity contribution in [2.24, 2.45) is 0 Å².